The van der Waals surface area contributed by atoms with Crippen molar-refractivity contribution in [2.24, 2.45) is 0 Å². The maximum Gasteiger partial charge on any atom is 0.273 e. The summed E-state index contributed by atoms with van der Waals surface area (Å²) in [5, 5.41) is 11.1. The number of hydrogen-bond donors (Lipinski definition) is 1. The van der Waals surface area contributed by atoms with E-state index >= 15 is 0 Å². The van der Waals surface area contributed by atoms with E-state index in [-0.39, 0.29) is 11.9 Å². The van der Waals surface area contributed by atoms with Crippen LogP contribution in [0.3, 0.4) is 0 Å². The summed E-state index contributed by atoms with van der Waals surface area (Å²) in [7, 11) is 0. The van der Waals surface area contributed by atoms with Crippen molar-refractivity contribution in [1.82, 2.24) is 29.7 Å². The maximum atomic E-state index is 12.6. The average Bonchev–Trinajstić information content (AvgIpc) is 3.48. The molecule has 8 nitrogen and oxygen atoms in total. The molecular weight excluding hydrogens is 354 g/mol. The standard InChI is InChI=1S/C20H19N7O/c28-20(17-14-27(24-23-17)16-5-2-1-3-6-16)22-15-8-11-26(13-15)19-18-7-4-10-25(18)12-9-21-19/h1-7,9-10,12,14-15H,8,11,13H2,(H,22,28)/t15-/m0/s1. The largest absolute Gasteiger partial charge is 0.353 e. The first-order chi connectivity index (χ1) is 13.8. The molecule has 1 saturated heterocycles. The van der Waals surface area contributed by atoms with Gasteiger partial charge in [-0.15, -0.1) is 5.10 Å². The zero-order valence-electron chi connectivity index (χ0n) is 15.1. The minimum Gasteiger partial charge on any atom is -0.353 e. The van der Waals surface area contributed by atoms with Gasteiger partial charge in [0.2, 0.25) is 0 Å². The normalized spacial score (nSPS) is 16.6. The number of carbonyl (C=O) groups excluding carboxylic acids is 1. The number of hydrogen-bond acceptors (Lipinski definition) is 5. The molecule has 0 saturated carbocycles. The first-order valence-electron chi connectivity index (χ1n) is 9.23. The highest BCUT2D eigenvalue weighted by molar-refractivity contribution is 5.92. The van der Waals surface area contributed by atoms with Crippen LogP contribution in [0.4, 0.5) is 5.82 Å². The fraction of sp³-hybridized carbons (Fsp3) is 0.200. The van der Waals surface area contributed by atoms with Crippen LogP contribution in [0.2, 0.25) is 0 Å². The van der Waals surface area contributed by atoms with Gasteiger partial charge in [-0.2, -0.15) is 0 Å². The number of benzene rings is 1. The Morgan fingerprint density at radius 3 is 2.89 bits per heavy atom. The second-order valence-electron chi connectivity index (χ2n) is 6.84. The lowest BCUT2D eigenvalue weighted by atomic mass is 10.2. The molecule has 4 heterocycles. The Bertz CT molecular complexity index is 1120. The fourth-order valence-corrected chi connectivity index (χ4v) is 3.60. The molecule has 0 spiro atoms. The Labute approximate surface area is 161 Å². The van der Waals surface area contributed by atoms with Gasteiger partial charge in [-0.25, -0.2) is 9.67 Å². The van der Waals surface area contributed by atoms with Crippen LogP contribution in [0.25, 0.3) is 11.2 Å². The van der Waals surface area contributed by atoms with Gasteiger partial charge in [0.05, 0.1) is 17.4 Å². The number of fused-ring (bicyclic) bond motifs is 1. The molecule has 1 aromatic carbocycles. The third-order valence-corrected chi connectivity index (χ3v) is 5.00. The zero-order chi connectivity index (χ0) is 18.9. The minimum atomic E-state index is -0.206. The molecule has 1 aliphatic rings. The third kappa shape index (κ3) is 2.98. The zero-order valence-corrected chi connectivity index (χ0v) is 15.1. The van der Waals surface area contributed by atoms with Crippen molar-refractivity contribution in [3.63, 3.8) is 0 Å². The SMILES string of the molecule is O=C(N[C@H]1CCN(c2nccn3cccc23)C1)c1cn(-c2ccccc2)nn1. The highest BCUT2D eigenvalue weighted by atomic mass is 16.2. The quantitative estimate of drug-likeness (QED) is 0.591. The van der Waals surface area contributed by atoms with E-state index in [1.165, 1.54) is 0 Å². The summed E-state index contributed by atoms with van der Waals surface area (Å²) in [4.78, 5) is 19.3. The summed E-state index contributed by atoms with van der Waals surface area (Å²) in [5.41, 5.74) is 2.25. The molecule has 1 N–H and O–H groups in total. The van der Waals surface area contributed by atoms with Crippen LogP contribution in [-0.4, -0.2) is 49.4 Å². The first kappa shape index (κ1) is 16.5. The number of amides is 1. The van der Waals surface area contributed by atoms with Crippen LogP contribution in [0.5, 0.6) is 0 Å². The maximum absolute atomic E-state index is 12.6. The number of para-hydroxylation sites is 1. The van der Waals surface area contributed by atoms with E-state index in [1.807, 2.05) is 48.8 Å². The predicted octanol–water partition coefficient (Wildman–Crippen LogP) is 1.92. The fourth-order valence-electron chi connectivity index (χ4n) is 3.60. The summed E-state index contributed by atoms with van der Waals surface area (Å²) >= 11 is 0. The lowest BCUT2D eigenvalue weighted by Gasteiger charge is -2.18. The summed E-state index contributed by atoms with van der Waals surface area (Å²) in [6.45, 7) is 1.57. The summed E-state index contributed by atoms with van der Waals surface area (Å²) in [6, 6.07) is 13.7. The van der Waals surface area contributed by atoms with Gasteiger partial charge in [0.15, 0.2) is 11.5 Å². The van der Waals surface area contributed by atoms with E-state index in [4.69, 9.17) is 0 Å². The van der Waals surface area contributed by atoms with E-state index < -0.39 is 0 Å². The van der Waals surface area contributed by atoms with Crippen LogP contribution >= 0.6 is 0 Å². The molecule has 4 aromatic rings. The first-order valence-corrected chi connectivity index (χ1v) is 9.23. The molecule has 1 atom stereocenters. The molecule has 28 heavy (non-hydrogen) atoms. The minimum absolute atomic E-state index is 0.0476. The van der Waals surface area contributed by atoms with E-state index in [0.29, 0.717) is 5.69 Å². The molecule has 5 rings (SSSR count). The van der Waals surface area contributed by atoms with Crippen LogP contribution in [0.1, 0.15) is 16.9 Å². The predicted molar refractivity (Wildman–Crippen MR) is 105 cm³/mol. The highest BCUT2D eigenvalue weighted by Gasteiger charge is 2.27. The summed E-state index contributed by atoms with van der Waals surface area (Å²) in [6.07, 6.45) is 8.26. The molecule has 3 aromatic heterocycles. The van der Waals surface area contributed by atoms with E-state index in [2.05, 4.69) is 36.0 Å². The van der Waals surface area contributed by atoms with E-state index in [1.54, 1.807) is 17.1 Å². The van der Waals surface area contributed by atoms with Gasteiger partial charge < -0.3 is 14.6 Å². The van der Waals surface area contributed by atoms with E-state index in [9.17, 15) is 4.79 Å². The van der Waals surface area contributed by atoms with Crippen LogP contribution in [0, 0.1) is 0 Å². The highest BCUT2D eigenvalue weighted by Crippen LogP contribution is 2.23. The number of nitrogens with zero attached hydrogens (tertiary/aromatic N) is 6. The van der Waals surface area contributed by atoms with Crippen molar-refractivity contribution in [2.75, 3.05) is 18.0 Å². The van der Waals surface area contributed by atoms with Crippen LogP contribution in [-0.2, 0) is 0 Å². The molecule has 140 valence electrons. The van der Waals surface area contributed by atoms with Crippen LogP contribution < -0.4 is 10.2 Å². The molecule has 1 amide bonds. The van der Waals surface area contributed by atoms with Gasteiger partial charge in [0.1, 0.15) is 0 Å². The van der Waals surface area contributed by atoms with Crippen LogP contribution in [0.15, 0.2) is 67.3 Å². The topological polar surface area (TPSA) is 80.4 Å². The Hall–Kier alpha value is -3.68. The van der Waals surface area contributed by atoms with Gasteiger partial charge in [0.25, 0.3) is 5.91 Å². The van der Waals surface area contributed by atoms with E-state index in [0.717, 1.165) is 36.5 Å². The Morgan fingerprint density at radius 2 is 2.00 bits per heavy atom. The number of carbonyl (C=O) groups is 1. The second kappa shape index (κ2) is 6.80. The molecule has 1 aliphatic heterocycles. The number of aromatic nitrogens is 5. The lowest BCUT2D eigenvalue weighted by molar-refractivity contribution is 0.0935. The summed E-state index contributed by atoms with van der Waals surface area (Å²) in [5.74, 6) is 0.738. The van der Waals surface area contributed by atoms with Crippen molar-refractivity contribution in [1.29, 1.82) is 0 Å². The van der Waals surface area contributed by atoms with Crippen molar-refractivity contribution in [3.8, 4) is 5.69 Å². The Morgan fingerprint density at radius 1 is 1.11 bits per heavy atom. The number of nitrogens with one attached hydrogen (secondary N) is 1. The molecule has 0 unspecified atom stereocenters. The van der Waals surface area contributed by atoms with Gasteiger partial charge in [-0.3, -0.25) is 4.79 Å². The Kier molecular flexibility index (Phi) is 4.01. The molecular formula is C20H19N7O. The van der Waals surface area contributed by atoms with Crippen molar-refractivity contribution in [2.45, 2.75) is 12.5 Å². The summed E-state index contributed by atoms with van der Waals surface area (Å²) < 4.78 is 3.66. The number of rotatable bonds is 4. The smallest absolute Gasteiger partial charge is 0.273 e. The third-order valence-electron chi connectivity index (χ3n) is 5.00. The molecule has 8 heteroatoms. The van der Waals surface area contributed by atoms with Gasteiger partial charge in [-0.1, -0.05) is 23.4 Å². The van der Waals surface area contributed by atoms with Crippen molar-refractivity contribution >= 4 is 17.2 Å². The van der Waals surface area contributed by atoms with Gasteiger partial charge >= 0.3 is 0 Å². The van der Waals surface area contributed by atoms with Crippen molar-refractivity contribution in [3.05, 3.63) is 72.9 Å². The average molecular weight is 373 g/mol. The molecule has 0 bridgehead atoms. The Balaban J connectivity index is 1.27. The number of anilines is 1. The monoisotopic (exact) mass is 373 g/mol. The molecule has 0 aliphatic carbocycles. The van der Waals surface area contributed by atoms with Gasteiger partial charge in [-0.05, 0) is 30.7 Å². The molecule has 0 radical (unpaired) electrons. The molecule has 1 fully saturated rings. The second-order valence-corrected chi connectivity index (χ2v) is 6.84. The van der Waals surface area contributed by atoms with Crippen molar-refractivity contribution < 1.29 is 4.79 Å². The lowest BCUT2D eigenvalue weighted by Crippen LogP contribution is -2.37. The van der Waals surface area contributed by atoms with Gasteiger partial charge in [0, 0.05) is 37.7 Å².